The Morgan fingerprint density at radius 3 is 2.81 bits per heavy atom. The maximum Gasteiger partial charge on any atom is 0.258 e. The van der Waals surface area contributed by atoms with Crippen LogP contribution in [0.1, 0.15) is 5.69 Å². The van der Waals surface area contributed by atoms with Crippen molar-refractivity contribution in [2.24, 2.45) is 0 Å². The number of aromatic nitrogens is 5. The van der Waals surface area contributed by atoms with E-state index in [0.29, 0.717) is 17.0 Å². The number of rotatable bonds is 1. The molecule has 6 heteroatoms. The second-order valence-electron chi connectivity index (χ2n) is 4.81. The molecule has 4 aromatic heterocycles. The van der Waals surface area contributed by atoms with Crippen LogP contribution in [0.4, 0.5) is 0 Å². The summed E-state index contributed by atoms with van der Waals surface area (Å²) in [5.41, 5.74) is 3.34. The SMILES string of the molecule is Cc1cn2nc(-c3cc(=O)n4ccccc4n3)ccc2n1. The molecule has 0 bridgehead atoms. The van der Waals surface area contributed by atoms with Gasteiger partial charge in [-0.3, -0.25) is 9.20 Å². The second kappa shape index (κ2) is 4.24. The van der Waals surface area contributed by atoms with E-state index < -0.39 is 0 Å². The summed E-state index contributed by atoms with van der Waals surface area (Å²) < 4.78 is 3.20. The van der Waals surface area contributed by atoms with E-state index in [2.05, 4.69) is 15.1 Å². The topological polar surface area (TPSA) is 64.6 Å². The molecule has 0 fully saturated rings. The van der Waals surface area contributed by atoms with E-state index >= 15 is 0 Å². The Balaban J connectivity index is 1.97. The number of nitrogens with zero attached hydrogens (tertiary/aromatic N) is 5. The Morgan fingerprint density at radius 2 is 1.90 bits per heavy atom. The fraction of sp³-hybridized carbons (Fsp3) is 0.0667. The molecule has 102 valence electrons. The molecule has 0 aromatic carbocycles. The van der Waals surface area contributed by atoms with Crippen LogP contribution in [-0.4, -0.2) is 24.0 Å². The van der Waals surface area contributed by atoms with Crippen molar-refractivity contribution in [3.63, 3.8) is 0 Å². The monoisotopic (exact) mass is 277 g/mol. The standard InChI is InChI=1S/C15H11N5O/c1-10-9-20-14(16-10)6-5-11(18-20)12-8-15(21)19-7-3-2-4-13(19)17-12/h2-9H,1H3. The van der Waals surface area contributed by atoms with Gasteiger partial charge in [-0.05, 0) is 31.2 Å². The third-order valence-corrected chi connectivity index (χ3v) is 3.27. The molecule has 4 aromatic rings. The van der Waals surface area contributed by atoms with Crippen LogP contribution >= 0.6 is 0 Å². The zero-order valence-corrected chi connectivity index (χ0v) is 11.3. The Kier molecular flexibility index (Phi) is 2.38. The molecule has 0 saturated carbocycles. The van der Waals surface area contributed by atoms with Gasteiger partial charge < -0.3 is 0 Å². The van der Waals surface area contributed by atoms with E-state index in [0.717, 1.165) is 11.3 Å². The molecule has 0 aliphatic heterocycles. The van der Waals surface area contributed by atoms with E-state index in [-0.39, 0.29) is 5.56 Å². The molecular weight excluding hydrogens is 266 g/mol. The number of aryl methyl sites for hydroxylation is 1. The molecule has 4 heterocycles. The fourth-order valence-corrected chi connectivity index (χ4v) is 2.32. The maximum absolute atomic E-state index is 12.1. The lowest BCUT2D eigenvalue weighted by Gasteiger charge is -2.03. The Bertz CT molecular complexity index is 1030. The van der Waals surface area contributed by atoms with Crippen molar-refractivity contribution in [2.75, 3.05) is 0 Å². The highest BCUT2D eigenvalue weighted by Gasteiger charge is 2.07. The predicted octanol–water partition coefficient (Wildman–Crippen LogP) is 1.71. The molecule has 0 aliphatic carbocycles. The second-order valence-corrected chi connectivity index (χ2v) is 4.81. The lowest BCUT2D eigenvalue weighted by Crippen LogP contribution is -2.14. The van der Waals surface area contributed by atoms with Crippen LogP contribution in [0.15, 0.2) is 53.6 Å². The molecule has 6 nitrogen and oxygen atoms in total. The van der Waals surface area contributed by atoms with Gasteiger partial charge in [-0.1, -0.05) is 6.07 Å². The van der Waals surface area contributed by atoms with E-state index in [4.69, 9.17) is 0 Å². The summed E-state index contributed by atoms with van der Waals surface area (Å²) >= 11 is 0. The van der Waals surface area contributed by atoms with Crippen LogP contribution in [0.3, 0.4) is 0 Å². The number of pyridine rings is 1. The highest BCUT2D eigenvalue weighted by Crippen LogP contribution is 2.14. The average Bonchev–Trinajstić information content (AvgIpc) is 2.86. The van der Waals surface area contributed by atoms with Crippen LogP contribution in [0.25, 0.3) is 22.7 Å². The van der Waals surface area contributed by atoms with Crippen LogP contribution in [0.5, 0.6) is 0 Å². The summed E-state index contributed by atoms with van der Waals surface area (Å²) in [6.07, 6.45) is 3.54. The number of hydrogen-bond acceptors (Lipinski definition) is 4. The summed E-state index contributed by atoms with van der Waals surface area (Å²) in [6.45, 7) is 1.91. The molecule has 0 amide bonds. The first kappa shape index (κ1) is 11.8. The van der Waals surface area contributed by atoms with Gasteiger partial charge in [0.1, 0.15) is 11.3 Å². The van der Waals surface area contributed by atoms with E-state index in [9.17, 15) is 4.79 Å². The number of imidazole rings is 1. The lowest BCUT2D eigenvalue weighted by molar-refractivity contribution is 0.933. The highest BCUT2D eigenvalue weighted by molar-refractivity contribution is 5.58. The summed E-state index contributed by atoms with van der Waals surface area (Å²) in [6, 6.07) is 10.6. The van der Waals surface area contributed by atoms with Gasteiger partial charge in [-0.25, -0.2) is 14.5 Å². The molecule has 4 rings (SSSR count). The quantitative estimate of drug-likeness (QED) is 0.531. The third-order valence-electron chi connectivity index (χ3n) is 3.27. The van der Waals surface area contributed by atoms with Crippen LogP contribution in [-0.2, 0) is 0 Å². The molecule has 0 radical (unpaired) electrons. The largest absolute Gasteiger partial charge is 0.269 e. The average molecular weight is 277 g/mol. The van der Waals surface area contributed by atoms with Crippen molar-refractivity contribution in [3.8, 4) is 11.4 Å². The van der Waals surface area contributed by atoms with Gasteiger partial charge in [-0.2, -0.15) is 5.10 Å². The summed E-state index contributed by atoms with van der Waals surface area (Å²) in [7, 11) is 0. The minimum Gasteiger partial charge on any atom is -0.269 e. The van der Waals surface area contributed by atoms with Crippen LogP contribution in [0.2, 0.25) is 0 Å². The van der Waals surface area contributed by atoms with Crippen molar-refractivity contribution < 1.29 is 0 Å². The Morgan fingerprint density at radius 1 is 1.00 bits per heavy atom. The van der Waals surface area contributed by atoms with E-state index in [1.807, 2.05) is 31.3 Å². The smallest absolute Gasteiger partial charge is 0.258 e. The van der Waals surface area contributed by atoms with Gasteiger partial charge in [0.15, 0.2) is 5.65 Å². The normalized spacial score (nSPS) is 11.3. The summed E-state index contributed by atoms with van der Waals surface area (Å²) in [5, 5.41) is 4.46. The minimum atomic E-state index is -0.126. The molecule has 0 spiro atoms. The molecule has 21 heavy (non-hydrogen) atoms. The Labute approximate surface area is 119 Å². The first-order valence-corrected chi connectivity index (χ1v) is 6.52. The first-order valence-electron chi connectivity index (χ1n) is 6.52. The summed E-state index contributed by atoms with van der Waals surface area (Å²) in [4.78, 5) is 20.9. The molecule has 0 aliphatic rings. The van der Waals surface area contributed by atoms with Gasteiger partial charge in [0.25, 0.3) is 5.56 Å². The summed E-state index contributed by atoms with van der Waals surface area (Å²) in [5.74, 6) is 0. The molecule has 0 unspecified atom stereocenters. The highest BCUT2D eigenvalue weighted by atomic mass is 16.1. The molecular formula is C15H11N5O. The first-order chi connectivity index (χ1) is 10.2. The zero-order valence-electron chi connectivity index (χ0n) is 11.3. The van der Waals surface area contributed by atoms with E-state index in [1.54, 1.807) is 22.8 Å². The van der Waals surface area contributed by atoms with Crippen molar-refractivity contribution >= 4 is 11.3 Å². The van der Waals surface area contributed by atoms with Gasteiger partial charge in [-0.15, -0.1) is 0 Å². The fourth-order valence-electron chi connectivity index (χ4n) is 2.32. The van der Waals surface area contributed by atoms with Crippen molar-refractivity contribution in [2.45, 2.75) is 6.92 Å². The third kappa shape index (κ3) is 1.88. The molecule has 0 atom stereocenters. The van der Waals surface area contributed by atoms with Crippen molar-refractivity contribution in [1.29, 1.82) is 0 Å². The number of fused-ring (bicyclic) bond motifs is 2. The lowest BCUT2D eigenvalue weighted by atomic mass is 10.2. The number of hydrogen-bond donors (Lipinski definition) is 0. The molecule has 0 saturated heterocycles. The van der Waals surface area contributed by atoms with Gasteiger partial charge in [0, 0.05) is 12.3 Å². The van der Waals surface area contributed by atoms with Gasteiger partial charge >= 0.3 is 0 Å². The van der Waals surface area contributed by atoms with E-state index in [1.165, 1.54) is 10.5 Å². The van der Waals surface area contributed by atoms with Gasteiger partial charge in [0.05, 0.1) is 17.6 Å². The molecule has 0 N–H and O–H groups in total. The van der Waals surface area contributed by atoms with Crippen LogP contribution in [0, 0.1) is 6.92 Å². The predicted molar refractivity (Wildman–Crippen MR) is 78.2 cm³/mol. The minimum absolute atomic E-state index is 0.126. The Hall–Kier alpha value is -3.02. The van der Waals surface area contributed by atoms with Gasteiger partial charge in [0.2, 0.25) is 0 Å². The van der Waals surface area contributed by atoms with Crippen LogP contribution < -0.4 is 5.56 Å². The maximum atomic E-state index is 12.1. The van der Waals surface area contributed by atoms with Crippen molar-refractivity contribution in [1.82, 2.24) is 24.0 Å². The zero-order chi connectivity index (χ0) is 14.4. The van der Waals surface area contributed by atoms with Crippen molar-refractivity contribution in [3.05, 3.63) is 64.8 Å².